The van der Waals surface area contributed by atoms with Crippen LogP contribution in [0.5, 0.6) is 11.5 Å². The summed E-state index contributed by atoms with van der Waals surface area (Å²) < 4.78 is 47.2. The lowest BCUT2D eigenvalue weighted by atomic mass is 10.0. The molecule has 0 radical (unpaired) electrons. The van der Waals surface area contributed by atoms with E-state index in [4.69, 9.17) is 19.2 Å². The summed E-state index contributed by atoms with van der Waals surface area (Å²) in [6.07, 6.45) is 6.04. The molecular weight excluding hydrogens is 835 g/mol. The highest BCUT2D eigenvalue weighted by Gasteiger charge is 2.61. The molecule has 330 valence electrons. The van der Waals surface area contributed by atoms with Gasteiger partial charge < -0.3 is 29.7 Å². The lowest BCUT2D eigenvalue weighted by Crippen LogP contribution is -2.58. The Morgan fingerprint density at radius 2 is 1.62 bits per heavy atom. The van der Waals surface area contributed by atoms with Crippen molar-refractivity contribution >= 4 is 44.7 Å². The van der Waals surface area contributed by atoms with Gasteiger partial charge in [-0.15, -0.1) is 0 Å². The number of methoxy groups -OCH3 is 1. The number of ether oxygens (including phenoxy) is 3. The zero-order valence-corrected chi connectivity index (χ0v) is 36.1. The molecule has 3 N–H and O–H groups in total. The van der Waals surface area contributed by atoms with E-state index in [-0.39, 0.29) is 36.8 Å². The van der Waals surface area contributed by atoms with Crippen LogP contribution in [0.25, 0.3) is 22.2 Å². The Kier molecular flexibility index (Phi) is 11.8. The summed E-state index contributed by atoms with van der Waals surface area (Å²) in [5.41, 5.74) is 2.15. The number of nitrogens with one attached hydrogen (secondary N) is 3. The molecule has 0 spiro atoms. The summed E-state index contributed by atoms with van der Waals surface area (Å²) in [5.74, 6) is -1.59. The smallest absolute Gasteiger partial charge is 0.408 e. The Bertz CT molecular complexity index is 2730. The van der Waals surface area contributed by atoms with Crippen LogP contribution in [-0.2, 0) is 42.0 Å². The van der Waals surface area contributed by atoms with Crippen molar-refractivity contribution in [1.82, 2.24) is 25.2 Å². The van der Waals surface area contributed by atoms with Gasteiger partial charge in [0, 0.05) is 41.8 Å². The Morgan fingerprint density at radius 3 is 2.39 bits per heavy atom. The quantitative estimate of drug-likeness (QED) is 0.148. The van der Waals surface area contributed by atoms with Gasteiger partial charge in [0.05, 0.1) is 29.8 Å². The zero-order chi connectivity index (χ0) is 44.4. The van der Waals surface area contributed by atoms with Gasteiger partial charge in [0.1, 0.15) is 41.3 Å². The highest BCUT2D eigenvalue weighted by molar-refractivity contribution is 7.90. The van der Waals surface area contributed by atoms with Crippen molar-refractivity contribution in [1.29, 1.82) is 0 Å². The normalized spacial score (nSPS) is 24.0. The Balaban J connectivity index is 1.08. The van der Waals surface area contributed by atoms with E-state index in [0.717, 1.165) is 42.4 Å². The first-order chi connectivity index (χ1) is 31.0. The predicted octanol–water partition coefficient (Wildman–Crippen LogP) is 6.03. The maximum absolute atomic E-state index is 15.1. The number of hydrogen-bond donors (Lipinski definition) is 3. The van der Waals surface area contributed by atoms with Crippen molar-refractivity contribution in [3.8, 4) is 22.8 Å². The number of amides is 4. The van der Waals surface area contributed by atoms with Gasteiger partial charge in [0.2, 0.25) is 11.8 Å². The van der Waals surface area contributed by atoms with Crippen LogP contribution in [0.4, 0.5) is 4.79 Å². The third-order valence-electron chi connectivity index (χ3n) is 12.6. The summed E-state index contributed by atoms with van der Waals surface area (Å²) in [6.45, 7) is -0.0572. The van der Waals surface area contributed by atoms with Gasteiger partial charge in [0.15, 0.2) is 0 Å². The molecule has 3 fully saturated rings. The molecule has 2 bridgehead atoms. The first-order valence-electron chi connectivity index (χ1n) is 21.7. The predicted molar refractivity (Wildman–Crippen MR) is 238 cm³/mol. The van der Waals surface area contributed by atoms with Crippen molar-refractivity contribution in [2.24, 2.45) is 5.92 Å². The minimum Gasteiger partial charge on any atom is -0.497 e. The molecule has 5 aromatic rings. The average molecular weight is 884 g/mol. The van der Waals surface area contributed by atoms with Crippen LogP contribution in [0.3, 0.4) is 0 Å². The van der Waals surface area contributed by atoms with Crippen LogP contribution in [0.2, 0.25) is 0 Å². The highest BCUT2D eigenvalue weighted by atomic mass is 32.2. The van der Waals surface area contributed by atoms with Gasteiger partial charge in [-0.1, -0.05) is 84.9 Å². The molecule has 2 aliphatic carbocycles. The molecule has 2 aliphatic heterocycles. The zero-order valence-electron chi connectivity index (χ0n) is 35.3. The van der Waals surface area contributed by atoms with Crippen LogP contribution in [0.1, 0.15) is 49.7 Å². The summed E-state index contributed by atoms with van der Waals surface area (Å²) >= 11 is 0. The number of carbonyl (C=O) groups is 4. The Labute approximate surface area is 371 Å². The first kappa shape index (κ1) is 42.6. The molecule has 2 saturated carbocycles. The molecule has 1 unspecified atom stereocenters. The second-order valence-electron chi connectivity index (χ2n) is 16.9. The molecule has 9 rings (SSSR count). The van der Waals surface area contributed by atoms with Crippen molar-refractivity contribution in [3.63, 3.8) is 0 Å². The fraction of sp³-hybridized carbons (Fsp3) is 0.327. The minimum atomic E-state index is -4.31. The summed E-state index contributed by atoms with van der Waals surface area (Å²) in [6, 6.07) is 29.7. The van der Waals surface area contributed by atoms with E-state index in [9.17, 15) is 22.8 Å². The van der Waals surface area contributed by atoms with Crippen molar-refractivity contribution in [2.75, 3.05) is 13.7 Å². The number of fused-ring (bicyclic) bond motifs is 5. The number of alkyl carbamates (subject to hydrolysis) is 1. The third kappa shape index (κ3) is 9.03. The van der Waals surface area contributed by atoms with Gasteiger partial charge in [-0.25, -0.2) is 22.9 Å². The molecular formula is C49H49N5O9S. The molecule has 5 atom stereocenters. The summed E-state index contributed by atoms with van der Waals surface area (Å²) in [5, 5.41) is 6.44. The monoisotopic (exact) mass is 883 g/mol. The number of pyridine rings is 1. The van der Waals surface area contributed by atoms with Gasteiger partial charge >= 0.3 is 6.09 Å². The second kappa shape index (κ2) is 17.8. The number of hydrogen-bond acceptors (Lipinski definition) is 10. The standard InChI is InChI=1S/C49H49N5O9S/c1-61-36-22-23-39-41(26-36)50-40(33-15-4-2-5-16-33)28-44(39)62-37-27-43-45(55)52-49(47(57)53-64(59,60)38-20-6-3-7-21-38)29-34(49)17-11-13-31-12-10-14-32(24-31)25-42(46(56)54(43)30-37)51-48(58)63-35-18-8-9-19-35/h2-7,10-12,14-17,20-24,26,28,34-35,37,42-43H,8-9,13,18-19,25,27,29-30H2,1H3,(H,51,58)(H,52,55)(H,53,57)/b17-11-/t34?,37-,42-,43+,49+/m1/s1. The molecule has 64 heavy (non-hydrogen) atoms. The number of rotatable bonds is 9. The molecule has 3 heterocycles. The van der Waals surface area contributed by atoms with Crippen LogP contribution in [0, 0.1) is 5.92 Å². The van der Waals surface area contributed by atoms with E-state index in [1.807, 2.05) is 84.9 Å². The second-order valence-corrected chi connectivity index (χ2v) is 18.6. The van der Waals surface area contributed by atoms with E-state index in [2.05, 4.69) is 15.4 Å². The fourth-order valence-corrected chi connectivity index (χ4v) is 10.1. The Hall–Kier alpha value is -6.74. The van der Waals surface area contributed by atoms with Gasteiger partial charge in [-0.2, -0.15) is 0 Å². The summed E-state index contributed by atoms with van der Waals surface area (Å²) in [7, 11) is -2.73. The topological polar surface area (TPSA) is 182 Å². The minimum absolute atomic E-state index is 0.00740. The average Bonchev–Trinajstić information content (AvgIpc) is 3.55. The van der Waals surface area contributed by atoms with Crippen LogP contribution >= 0.6 is 0 Å². The number of aromatic nitrogens is 1. The number of benzene rings is 4. The van der Waals surface area contributed by atoms with Crippen molar-refractivity contribution in [3.05, 3.63) is 132 Å². The van der Waals surface area contributed by atoms with Gasteiger partial charge in [-0.3, -0.25) is 14.4 Å². The molecule has 1 saturated heterocycles. The van der Waals surface area contributed by atoms with Crippen LogP contribution < -0.4 is 24.8 Å². The molecule has 4 aromatic carbocycles. The molecule has 4 aliphatic rings. The van der Waals surface area contributed by atoms with Crippen molar-refractivity contribution < 1.29 is 41.8 Å². The number of allylic oxidation sites excluding steroid dienone is 1. The van der Waals surface area contributed by atoms with Crippen LogP contribution in [-0.4, -0.2) is 85.6 Å². The van der Waals surface area contributed by atoms with Crippen molar-refractivity contribution in [2.45, 2.75) is 86.1 Å². The lowest BCUT2D eigenvalue weighted by Gasteiger charge is -2.30. The first-order valence-corrected chi connectivity index (χ1v) is 23.1. The summed E-state index contributed by atoms with van der Waals surface area (Å²) in [4.78, 5) is 63.8. The lowest BCUT2D eigenvalue weighted by molar-refractivity contribution is -0.141. The highest BCUT2D eigenvalue weighted by Crippen LogP contribution is 2.46. The van der Waals surface area contributed by atoms with E-state index in [0.29, 0.717) is 34.5 Å². The molecule has 1 aromatic heterocycles. The largest absolute Gasteiger partial charge is 0.497 e. The Morgan fingerprint density at radius 1 is 0.875 bits per heavy atom. The number of nitrogens with zero attached hydrogens (tertiary/aromatic N) is 2. The molecule has 15 heteroatoms. The number of sulfonamides is 1. The molecule has 14 nitrogen and oxygen atoms in total. The van der Waals surface area contributed by atoms with E-state index in [1.165, 1.54) is 17.0 Å². The molecule has 4 amide bonds. The maximum Gasteiger partial charge on any atom is 0.408 e. The fourth-order valence-electron chi connectivity index (χ4n) is 9.09. The van der Waals surface area contributed by atoms with Gasteiger partial charge in [-0.05, 0) is 73.9 Å². The van der Waals surface area contributed by atoms with Crippen LogP contribution in [0.15, 0.2) is 126 Å². The maximum atomic E-state index is 15.1. The number of carbonyl (C=O) groups excluding carboxylic acids is 4. The van der Waals surface area contributed by atoms with Gasteiger partial charge in [0.25, 0.3) is 15.9 Å². The van der Waals surface area contributed by atoms with E-state index < -0.39 is 63.5 Å². The SMILES string of the molecule is COc1ccc2c(O[C@@H]3C[C@H]4C(=O)N[C@@]5(C(=O)NS(=O)(=O)c6ccccc6)CC5/C=C\Cc5cccc(c5)C[C@@H](NC(=O)OC5CCCC5)C(=O)N4C3)cc(-c3ccccc3)nc2c1. The van der Waals surface area contributed by atoms with E-state index in [1.54, 1.807) is 31.4 Å². The third-order valence-corrected chi connectivity index (χ3v) is 13.9. The van der Waals surface area contributed by atoms with E-state index >= 15 is 4.79 Å².